The smallest absolute Gasteiger partial charge is 0.338 e. The van der Waals surface area contributed by atoms with Gasteiger partial charge in [-0.1, -0.05) is 26.8 Å². The maximum atomic E-state index is 13.0. The van der Waals surface area contributed by atoms with Crippen LogP contribution in [0, 0.1) is 11.3 Å². The second-order valence-corrected chi connectivity index (χ2v) is 3.87. The quantitative estimate of drug-likeness (QED) is 0.666. The molecule has 0 spiro atoms. The SMILES string of the molecule is C=CC(C(F)C(=O)O)C(C)(C)C. The highest BCUT2D eigenvalue weighted by Crippen LogP contribution is 2.31. The number of alkyl halides is 1. The lowest BCUT2D eigenvalue weighted by molar-refractivity contribution is -0.145. The molecule has 2 nitrogen and oxygen atoms in total. The number of rotatable bonds is 3. The first-order valence-corrected chi connectivity index (χ1v) is 3.80. The zero-order valence-electron chi connectivity index (χ0n) is 7.67. The lowest BCUT2D eigenvalue weighted by atomic mass is 9.78. The van der Waals surface area contributed by atoms with E-state index in [9.17, 15) is 9.18 Å². The average molecular weight is 174 g/mol. The van der Waals surface area contributed by atoms with Gasteiger partial charge in [0, 0.05) is 5.92 Å². The molecule has 0 saturated heterocycles. The third kappa shape index (κ3) is 2.64. The van der Waals surface area contributed by atoms with Crippen molar-refractivity contribution in [1.82, 2.24) is 0 Å². The summed E-state index contributed by atoms with van der Waals surface area (Å²) in [6, 6.07) is 0. The van der Waals surface area contributed by atoms with Gasteiger partial charge in [0.25, 0.3) is 0 Å². The standard InChI is InChI=1S/C9H15FO2/c1-5-6(9(2,3)4)7(10)8(11)12/h5-7H,1H2,2-4H3,(H,11,12). The summed E-state index contributed by atoms with van der Waals surface area (Å²) in [4.78, 5) is 10.3. The molecule has 0 saturated carbocycles. The van der Waals surface area contributed by atoms with Gasteiger partial charge in [0.05, 0.1) is 0 Å². The minimum Gasteiger partial charge on any atom is -0.479 e. The van der Waals surface area contributed by atoms with E-state index in [1.807, 2.05) is 0 Å². The minimum absolute atomic E-state index is 0.403. The summed E-state index contributed by atoms with van der Waals surface area (Å²) in [5.74, 6) is -2.06. The van der Waals surface area contributed by atoms with Crippen molar-refractivity contribution < 1.29 is 14.3 Å². The summed E-state index contributed by atoms with van der Waals surface area (Å²) in [6.07, 6.45) is -0.499. The molecular weight excluding hydrogens is 159 g/mol. The van der Waals surface area contributed by atoms with Crippen LogP contribution < -0.4 is 0 Å². The molecule has 0 aliphatic heterocycles. The number of hydrogen-bond acceptors (Lipinski definition) is 1. The Kier molecular flexibility index (Phi) is 3.43. The van der Waals surface area contributed by atoms with E-state index < -0.39 is 23.5 Å². The van der Waals surface area contributed by atoms with Gasteiger partial charge in [-0.05, 0) is 5.41 Å². The van der Waals surface area contributed by atoms with E-state index in [-0.39, 0.29) is 0 Å². The van der Waals surface area contributed by atoms with Gasteiger partial charge < -0.3 is 5.11 Å². The summed E-state index contributed by atoms with van der Waals surface area (Å²) in [6.45, 7) is 8.79. The number of carbonyl (C=O) groups is 1. The largest absolute Gasteiger partial charge is 0.479 e. The lowest BCUT2D eigenvalue weighted by Gasteiger charge is -2.28. The molecule has 0 aromatic carbocycles. The van der Waals surface area contributed by atoms with Crippen LogP contribution in [0.5, 0.6) is 0 Å². The van der Waals surface area contributed by atoms with E-state index in [4.69, 9.17) is 5.11 Å². The van der Waals surface area contributed by atoms with E-state index >= 15 is 0 Å². The highest BCUT2D eigenvalue weighted by molar-refractivity contribution is 5.73. The van der Waals surface area contributed by atoms with Crippen LogP contribution in [0.15, 0.2) is 12.7 Å². The topological polar surface area (TPSA) is 37.3 Å². The number of halogens is 1. The maximum absolute atomic E-state index is 13.0. The molecule has 0 amide bonds. The van der Waals surface area contributed by atoms with Crippen molar-refractivity contribution in [3.8, 4) is 0 Å². The summed E-state index contributed by atoms with van der Waals surface area (Å²) >= 11 is 0. The number of carboxylic acids is 1. The maximum Gasteiger partial charge on any atom is 0.338 e. The molecule has 0 fully saturated rings. The van der Waals surface area contributed by atoms with Crippen molar-refractivity contribution in [2.45, 2.75) is 26.9 Å². The Hall–Kier alpha value is -0.860. The molecule has 0 rings (SSSR count). The first-order chi connectivity index (χ1) is 5.30. The average Bonchev–Trinajstić information content (AvgIpc) is 1.85. The number of carboxylic acid groups (broad SMARTS) is 1. The lowest BCUT2D eigenvalue weighted by Crippen LogP contribution is -2.33. The summed E-state index contributed by atoms with van der Waals surface area (Å²) < 4.78 is 13.0. The second-order valence-electron chi connectivity index (χ2n) is 3.87. The van der Waals surface area contributed by atoms with Crippen molar-refractivity contribution in [1.29, 1.82) is 0 Å². The third-order valence-corrected chi connectivity index (χ3v) is 1.81. The summed E-state index contributed by atoms with van der Waals surface area (Å²) in [5, 5.41) is 8.42. The minimum atomic E-state index is -1.86. The molecule has 2 unspecified atom stereocenters. The zero-order valence-corrected chi connectivity index (χ0v) is 7.67. The summed E-state index contributed by atoms with van der Waals surface area (Å²) in [5.41, 5.74) is -0.403. The molecule has 0 aliphatic carbocycles. The molecule has 0 radical (unpaired) electrons. The second kappa shape index (κ2) is 3.70. The Morgan fingerprint density at radius 3 is 2.08 bits per heavy atom. The molecule has 12 heavy (non-hydrogen) atoms. The molecular formula is C9H15FO2. The fourth-order valence-electron chi connectivity index (χ4n) is 1.07. The van der Waals surface area contributed by atoms with Crippen molar-refractivity contribution in [3.63, 3.8) is 0 Å². The van der Waals surface area contributed by atoms with Crippen LogP contribution in [0.3, 0.4) is 0 Å². The molecule has 3 heteroatoms. The van der Waals surface area contributed by atoms with Crippen molar-refractivity contribution >= 4 is 5.97 Å². The summed E-state index contributed by atoms with van der Waals surface area (Å²) in [7, 11) is 0. The van der Waals surface area contributed by atoms with Crippen LogP contribution in [0.25, 0.3) is 0 Å². The van der Waals surface area contributed by atoms with Gasteiger partial charge in [-0.15, -0.1) is 6.58 Å². The molecule has 0 aliphatic rings. The predicted molar refractivity (Wildman–Crippen MR) is 45.7 cm³/mol. The first kappa shape index (κ1) is 11.1. The first-order valence-electron chi connectivity index (χ1n) is 3.80. The zero-order chi connectivity index (χ0) is 9.94. The van der Waals surface area contributed by atoms with Crippen molar-refractivity contribution in [2.24, 2.45) is 11.3 Å². The van der Waals surface area contributed by atoms with Crippen molar-refractivity contribution in [2.75, 3.05) is 0 Å². The molecule has 70 valence electrons. The van der Waals surface area contributed by atoms with Crippen LogP contribution >= 0.6 is 0 Å². The molecule has 2 atom stereocenters. The van der Waals surface area contributed by atoms with Crippen LogP contribution in [-0.2, 0) is 4.79 Å². The Labute approximate surface area is 72.1 Å². The van der Waals surface area contributed by atoms with Gasteiger partial charge in [0.2, 0.25) is 6.17 Å². The van der Waals surface area contributed by atoms with Gasteiger partial charge in [0.15, 0.2) is 0 Å². The highest BCUT2D eigenvalue weighted by atomic mass is 19.1. The predicted octanol–water partition coefficient (Wildman–Crippen LogP) is 2.26. The normalized spacial score (nSPS) is 16.7. The van der Waals surface area contributed by atoms with E-state index in [1.165, 1.54) is 6.08 Å². The van der Waals surface area contributed by atoms with E-state index in [2.05, 4.69) is 6.58 Å². The van der Waals surface area contributed by atoms with Gasteiger partial charge in [-0.2, -0.15) is 0 Å². The molecule has 1 N–H and O–H groups in total. The number of allylic oxidation sites excluding steroid dienone is 1. The van der Waals surface area contributed by atoms with E-state index in [0.717, 1.165) is 0 Å². The fraction of sp³-hybridized carbons (Fsp3) is 0.667. The molecule has 0 heterocycles. The molecule has 0 aromatic heterocycles. The molecule has 0 bridgehead atoms. The van der Waals surface area contributed by atoms with Crippen LogP contribution in [0.2, 0.25) is 0 Å². The van der Waals surface area contributed by atoms with Gasteiger partial charge in [-0.3, -0.25) is 0 Å². The Morgan fingerprint density at radius 1 is 1.58 bits per heavy atom. The fourth-order valence-corrected chi connectivity index (χ4v) is 1.07. The number of hydrogen-bond donors (Lipinski definition) is 1. The Bertz CT molecular complexity index is 181. The van der Waals surface area contributed by atoms with Gasteiger partial charge in [-0.25, -0.2) is 9.18 Å². The van der Waals surface area contributed by atoms with E-state index in [1.54, 1.807) is 20.8 Å². The molecule has 0 aromatic rings. The Balaban J connectivity index is 4.57. The van der Waals surface area contributed by atoms with Gasteiger partial charge in [0.1, 0.15) is 0 Å². The third-order valence-electron chi connectivity index (χ3n) is 1.81. The van der Waals surface area contributed by atoms with Gasteiger partial charge >= 0.3 is 5.97 Å². The van der Waals surface area contributed by atoms with Crippen LogP contribution in [0.1, 0.15) is 20.8 Å². The van der Waals surface area contributed by atoms with Crippen LogP contribution in [0.4, 0.5) is 4.39 Å². The Morgan fingerprint density at radius 2 is 2.00 bits per heavy atom. The van der Waals surface area contributed by atoms with Crippen LogP contribution in [-0.4, -0.2) is 17.2 Å². The van der Waals surface area contributed by atoms with Crippen molar-refractivity contribution in [3.05, 3.63) is 12.7 Å². The number of aliphatic carboxylic acids is 1. The highest BCUT2D eigenvalue weighted by Gasteiger charge is 2.34. The van der Waals surface area contributed by atoms with E-state index in [0.29, 0.717) is 0 Å². The monoisotopic (exact) mass is 174 g/mol.